The van der Waals surface area contributed by atoms with E-state index in [9.17, 15) is 4.79 Å². The first kappa shape index (κ1) is 27.0. The lowest BCUT2D eigenvalue weighted by atomic mass is 9.91. The highest BCUT2D eigenvalue weighted by Gasteiger charge is 2.22. The Morgan fingerprint density at radius 1 is 1.00 bits per heavy atom. The summed E-state index contributed by atoms with van der Waals surface area (Å²) in [6.07, 6.45) is 8.91. The predicted octanol–water partition coefficient (Wildman–Crippen LogP) is 6.47. The van der Waals surface area contributed by atoms with Crippen molar-refractivity contribution >= 4 is 28.5 Å². The summed E-state index contributed by atoms with van der Waals surface area (Å²) < 4.78 is 8.39. The Hall–Kier alpha value is -2.57. The Labute approximate surface area is 231 Å². The Morgan fingerprint density at radius 3 is 2.53 bits per heavy atom. The molecule has 2 fully saturated rings. The number of nitrogens with zero attached hydrogens (tertiary/aromatic N) is 4. The van der Waals surface area contributed by atoms with E-state index >= 15 is 0 Å². The van der Waals surface area contributed by atoms with Crippen molar-refractivity contribution in [1.29, 1.82) is 0 Å². The van der Waals surface area contributed by atoms with E-state index in [1.807, 2.05) is 24.3 Å². The number of carbonyl (C=O) groups excluding carboxylic acids is 1. The fourth-order valence-electron chi connectivity index (χ4n) is 5.95. The second kappa shape index (κ2) is 13.0. The molecule has 3 heterocycles. The largest absolute Gasteiger partial charge is 0.486 e. The van der Waals surface area contributed by atoms with Gasteiger partial charge in [0.05, 0.1) is 11.0 Å². The maximum absolute atomic E-state index is 12.5. The average Bonchev–Trinajstić information content (AvgIpc) is 3.31. The lowest BCUT2D eigenvalue weighted by Gasteiger charge is -2.32. The molecule has 2 saturated heterocycles. The molecule has 0 spiro atoms. The van der Waals surface area contributed by atoms with Crippen LogP contribution in [0.15, 0.2) is 42.5 Å². The molecule has 1 aromatic heterocycles. The molecular weight excluding hydrogens is 496 g/mol. The Bertz CT molecular complexity index is 1190. The molecular formula is C31H41ClN4O2. The molecule has 2 aliphatic rings. The maximum atomic E-state index is 12.5. The fraction of sp³-hybridized carbons (Fsp3) is 0.548. The van der Waals surface area contributed by atoms with Crippen molar-refractivity contribution in [2.24, 2.45) is 5.92 Å². The van der Waals surface area contributed by atoms with Crippen LogP contribution in [-0.4, -0.2) is 58.0 Å². The number of imidazole rings is 1. The Balaban J connectivity index is 1.11. The number of benzene rings is 2. The Kier molecular flexibility index (Phi) is 9.23. The molecule has 0 saturated carbocycles. The van der Waals surface area contributed by atoms with Gasteiger partial charge in [-0.2, -0.15) is 0 Å². The van der Waals surface area contributed by atoms with E-state index in [0.717, 1.165) is 75.6 Å². The molecule has 38 heavy (non-hydrogen) atoms. The molecule has 7 heteroatoms. The molecule has 2 aromatic carbocycles. The summed E-state index contributed by atoms with van der Waals surface area (Å²) in [7, 11) is 0. The van der Waals surface area contributed by atoms with E-state index in [-0.39, 0.29) is 0 Å². The summed E-state index contributed by atoms with van der Waals surface area (Å²) in [6, 6.07) is 13.9. The monoisotopic (exact) mass is 536 g/mol. The van der Waals surface area contributed by atoms with Crippen LogP contribution in [0.3, 0.4) is 0 Å². The van der Waals surface area contributed by atoms with Crippen LogP contribution in [0.25, 0.3) is 11.0 Å². The standard InChI is InChI=1S/C31H41ClN4O2/c1-24-7-5-8-28-31(24)33-29(23-38-27-12-10-26(32)11-13-27)36(28)20-6-17-34-21-15-25(16-22-34)9-14-30(37)35-18-3-2-4-19-35/h5,7-8,10-13,25H,2-4,6,9,14-23H2,1H3. The van der Waals surface area contributed by atoms with Crippen LogP contribution in [-0.2, 0) is 17.9 Å². The molecule has 5 rings (SSSR count). The first-order valence-corrected chi connectivity index (χ1v) is 14.8. The number of hydrogen-bond acceptors (Lipinski definition) is 4. The molecule has 0 N–H and O–H groups in total. The highest BCUT2D eigenvalue weighted by Crippen LogP contribution is 2.25. The second-order valence-electron chi connectivity index (χ2n) is 11.0. The minimum atomic E-state index is 0.380. The topological polar surface area (TPSA) is 50.6 Å². The van der Waals surface area contributed by atoms with Gasteiger partial charge in [0.25, 0.3) is 0 Å². The van der Waals surface area contributed by atoms with E-state index in [1.165, 1.54) is 43.2 Å². The van der Waals surface area contributed by atoms with Gasteiger partial charge in [0.15, 0.2) is 0 Å². The van der Waals surface area contributed by atoms with Crippen molar-refractivity contribution < 1.29 is 9.53 Å². The number of aromatic nitrogens is 2. The number of carbonyl (C=O) groups is 1. The van der Waals surface area contributed by atoms with Crippen molar-refractivity contribution in [2.45, 2.75) is 71.4 Å². The normalized spacial score (nSPS) is 17.3. The number of piperidine rings is 2. The summed E-state index contributed by atoms with van der Waals surface area (Å²) in [4.78, 5) is 22.2. The van der Waals surface area contributed by atoms with E-state index in [2.05, 4.69) is 39.5 Å². The van der Waals surface area contributed by atoms with Crippen LogP contribution >= 0.6 is 11.6 Å². The molecule has 0 radical (unpaired) electrons. The molecule has 0 unspecified atom stereocenters. The lowest BCUT2D eigenvalue weighted by Crippen LogP contribution is -2.37. The molecule has 2 aliphatic heterocycles. The third-order valence-corrected chi connectivity index (χ3v) is 8.53. The van der Waals surface area contributed by atoms with Gasteiger partial charge in [-0.15, -0.1) is 0 Å². The van der Waals surface area contributed by atoms with Crippen molar-refractivity contribution in [1.82, 2.24) is 19.4 Å². The zero-order chi connectivity index (χ0) is 26.3. The molecule has 1 amide bonds. The number of para-hydroxylation sites is 1. The van der Waals surface area contributed by atoms with Crippen LogP contribution in [0.2, 0.25) is 5.02 Å². The number of rotatable bonds is 10. The van der Waals surface area contributed by atoms with Crippen molar-refractivity contribution in [2.75, 3.05) is 32.7 Å². The van der Waals surface area contributed by atoms with Crippen LogP contribution in [0.5, 0.6) is 5.75 Å². The molecule has 0 atom stereocenters. The minimum absolute atomic E-state index is 0.380. The number of aryl methyl sites for hydroxylation is 2. The molecule has 3 aromatic rings. The van der Waals surface area contributed by atoms with Gasteiger partial charge >= 0.3 is 0 Å². The summed E-state index contributed by atoms with van der Waals surface area (Å²) in [5, 5.41) is 0.704. The lowest BCUT2D eigenvalue weighted by molar-refractivity contribution is -0.132. The van der Waals surface area contributed by atoms with Gasteiger partial charge in [-0.05, 0) is 113 Å². The zero-order valence-electron chi connectivity index (χ0n) is 22.7. The quantitative estimate of drug-likeness (QED) is 0.298. The van der Waals surface area contributed by atoms with E-state index in [4.69, 9.17) is 21.3 Å². The number of halogens is 1. The molecule has 0 aliphatic carbocycles. The van der Waals surface area contributed by atoms with Gasteiger partial charge < -0.3 is 19.1 Å². The van der Waals surface area contributed by atoms with Gasteiger partial charge in [-0.3, -0.25) is 4.79 Å². The van der Waals surface area contributed by atoms with Gasteiger partial charge in [0.1, 0.15) is 18.2 Å². The van der Waals surface area contributed by atoms with E-state index in [1.54, 1.807) is 0 Å². The summed E-state index contributed by atoms with van der Waals surface area (Å²) in [5.74, 6) is 2.83. The van der Waals surface area contributed by atoms with Crippen molar-refractivity contribution in [3.8, 4) is 5.75 Å². The van der Waals surface area contributed by atoms with E-state index in [0.29, 0.717) is 23.5 Å². The molecule has 204 valence electrons. The van der Waals surface area contributed by atoms with Crippen LogP contribution in [0.1, 0.15) is 62.8 Å². The van der Waals surface area contributed by atoms with Gasteiger partial charge in [0.2, 0.25) is 5.91 Å². The van der Waals surface area contributed by atoms with Gasteiger partial charge in [0, 0.05) is 31.1 Å². The molecule has 0 bridgehead atoms. The summed E-state index contributed by atoms with van der Waals surface area (Å²) in [6.45, 7) is 8.77. The Morgan fingerprint density at radius 2 is 1.76 bits per heavy atom. The second-order valence-corrected chi connectivity index (χ2v) is 11.4. The van der Waals surface area contributed by atoms with Gasteiger partial charge in [-0.1, -0.05) is 23.7 Å². The number of fused-ring (bicyclic) bond motifs is 1. The van der Waals surface area contributed by atoms with E-state index < -0.39 is 0 Å². The molecule has 6 nitrogen and oxygen atoms in total. The SMILES string of the molecule is Cc1cccc2c1nc(COc1ccc(Cl)cc1)n2CCCN1CCC(CCC(=O)N2CCCCC2)CC1. The zero-order valence-corrected chi connectivity index (χ0v) is 23.5. The first-order valence-electron chi connectivity index (χ1n) is 14.4. The van der Waals surface area contributed by atoms with Crippen molar-refractivity contribution in [3.63, 3.8) is 0 Å². The number of ether oxygens (including phenoxy) is 1. The third kappa shape index (κ3) is 6.89. The first-order chi connectivity index (χ1) is 18.6. The summed E-state index contributed by atoms with van der Waals surface area (Å²) in [5.41, 5.74) is 3.42. The van der Waals surface area contributed by atoms with Crippen LogP contribution in [0, 0.1) is 12.8 Å². The van der Waals surface area contributed by atoms with Crippen LogP contribution < -0.4 is 4.74 Å². The highest BCUT2D eigenvalue weighted by atomic mass is 35.5. The third-order valence-electron chi connectivity index (χ3n) is 8.28. The van der Waals surface area contributed by atoms with Crippen LogP contribution in [0.4, 0.5) is 0 Å². The highest BCUT2D eigenvalue weighted by molar-refractivity contribution is 6.30. The fourth-order valence-corrected chi connectivity index (χ4v) is 6.08. The average molecular weight is 537 g/mol. The minimum Gasteiger partial charge on any atom is -0.486 e. The van der Waals surface area contributed by atoms with Gasteiger partial charge in [-0.25, -0.2) is 4.98 Å². The van der Waals surface area contributed by atoms with Crippen molar-refractivity contribution in [3.05, 3.63) is 58.9 Å². The predicted molar refractivity (Wildman–Crippen MR) is 154 cm³/mol. The number of amides is 1. The smallest absolute Gasteiger partial charge is 0.222 e. The maximum Gasteiger partial charge on any atom is 0.222 e. The number of likely N-dealkylation sites (tertiary alicyclic amines) is 2. The number of hydrogen-bond donors (Lipinski definition) is 0. The summed E-state index contributed by atoms with van der Waals surface area (Å²) >= 11 is 6.02.